The number of anilines is 1. The van der Waals surface area contributed by atoms with E-state index in [1.54, 1.807) is 13.0 Å². The Balaban J connectivity index is 2.32. The van der Waals surface area contributed by atoms with Crippen molar-refractivity contribution in [1.82, 2.24) is 0 Å². The molecule has 20 heavy (non-hydrogen) atoms. The number of hydrogen-bond donors (Lipinski definition) is 2. The number of aliphatic hydroxyl groups is 1. The topological polar surface area (TPSA) is 32.3 Å². The highest BCUT2D eigenvalue weighted by Gasteiger charge is 2.26. The number of aryl methyl sites for hydroxylation is 2. The van der Waals surface area contributed by atoms with Crippen LogP contribution in [-0.4, -0.2) is 11.7 Å². The van der Waals surface area contributed by atoms with Gasteiger partial charge in [0.25, 0.3) is 0 Å². The van der Waals surface area contributed by atoms with Crippen LogP contribution in [0.25, 0.3) is 0 Å². The number of rotatable bonds is 4. The Kier molecular flexibility index (Phi) is 4.09. The average molecular weight is 273 g/mol. The van der Waals surface area contributed by atoms with E-state index in [1.807, 2.05) is 44.2 Å². The maximum atomic E-state index is 13.7. The molecule has 0 heterocycles. The fourth-order valence-corrected chi connectivity index (χ4v) is 2.09. The zero-order chi connectivity index (χ0) is 14.8. The van der Waals surface area contributed by atoms with Gasteiger partial charge in [0, 0.05) is 5.69 Å². The first-order chi connectivity index (χ1) is 9.44. The van der Waals surface area contributed by atoms with Crippen molar-refractivity contribution >= 4 is 5.69 Å². The molecule has 0 aromatic heterocycles. The molecule has 0 spiro atoms. The molecule has 0 aliphatic carbocycles. The number of benzene rings is 2. The van der Waals surface area contributed by atoms with Crippen molar-refractivity contribution in [2.45, 2.75) is 26.3 Å². The maximum absolute atomic E-state index is 13.7. The molecule has 0 bridgehead atoms. The predicted octanol–water partition coefficient (Wildman–Crippen LogP) is 3.76. The van der Waals surface area contributed by atoms with Gasteiger partial charge in [-0.1, -0.05) is 29.8 Å². The lowest BCUT2D eigenvalue weighted by Gasteiger charge is -2.31. The molecular formula is C17H20FNO. The second kappa shape index (κ2) is 5.63. The third-order valence-corrected chi connectivity index (χ3v) is 3.60. The van der Waals surface area contributed by atoms with Crippen LogP contribution < -0.4 is 5.32 Å². The Hall–Kier alpha value is -1.87. The fraction of sp³-hybridized carbons (Fsp3) is 0.294. The Morgan fingerprint density at radius 3 is 2.30 bits per heavy atom. The van der Waals surface area contributed by atoms with Crippen LogP contribution in [0.5, 0.6) is 0 Å². The number of halogens is 1. The highest BCUT2D eigenvalue weighted by atomic mass is 19.1. The van der Waals surface area contributed by atoms with Crippen LogP contribution in [0.15, 0.2) is 42.5 Å². The third kappa shape index (κ3) is 2.99. The second-order valence-corrected chi connectivity index (χ2v) is 5.45. The fourth-order valence-electron chi connectivity index (χ4n) is 2.09. The smallest absolute Gasteiger partial charge is 0.126 e. The molecular weight excluding hydrogens is 253 g/mol. The van der Waals surface area contributed by atoms with Gasteiger partial charge in [0.05, 0.1) is 12.1 Å². The molecule has 1 unspecified atom stereocenters. The quantitative estimate of drug-likeness (QED) is 0.889. The molecule has 2 N–H and O–H groups in total. The van der Waals surface area contributed by atoms with E-state index in [0.717, 1.165) is 11.3 Å². The molecule has 0 fully saturated rings. The van der Waals surface area contributed by atoms with Gasteiger partial charge in [-0.25, -0.2) is 4.39 Å². The molecule has 2 aromatic rings. The summed E-state index contributed by atoms with van der Waals surface area (Å²) >= 11 is 0. The zero-order valence-electron chi connectivity index (χ0n) is 12.1. The van der Waals surface area contributed by atoms with Crippen molar-refractivity contribution in [2.24, 2.45) is 0 Å². The van der Waals surface area contributed by atoms with Gasteiger partial charge in [0.1, 0.15) is 5.82 Å². The Bertz CT molecular complexity index is 594. The minimum atomic E-state index is -0.718. The van der Waals surface area contributed by atoms with Gasteiger partial charge in [-0.05, 0) is 50.1 Å². The van der Waals surface area contributed by atoms with Gasteiger partial charge in [0.15, 0.2) is 0 Å². The van der Waals surface area contributed by atoms with Gasteiger partial charge in [-0.15, -0.1) is 0 Å². The average Bonchev–Trinajstić information content (AvgIpc) is 2.44. The molecule has 2 nitrogen and oxygen atoms in total. The summed E-state index contributed by atoms with van der Waals surface area (Å²) in [5, 5.41) is 13.0. The summed E-state index contributed by atoms with van der Waals surface area (Å²) in [4.78, 5) is 0. The molecule has 0 saturated carbocycles. The lowest BCUT2D eigenvalue weighted by Crippen LogP contribution is -2.36. The summed E-state index contributed by atoms with van der Waals surface area (Å²) in [6, 6.07) is 12.9. The summed E-state index contributed by atoms with van der Waals surface area (Å²) in [6.45, 7) is 5.48. The van der Waals surface area contributed by atoms with E-state index in [-0.39, 0.29) is 12.4 Å². The first-order valence-corrected chi connectivity index (χ1v) is 6.67. The van der Waals surface area contributed by atoms with Crippen LogP contribution >= 0.6 is 0 Å². The Labute approximate surface area is 119 Å². The molecule has 1 atom stereocenters. The summed E-state index contributed by atoms with van der Waals surface area (Å²) in [5.74, 6) is -0.257. The molecule has 2 rings (SSSR count). The molecule has 0 amide bonds. The lowest BCUT2D eigenvalue weighted by atomic mass is 9.91. The van der Waals surface area contributed by atoms with Gasteiger partial charge >= 0.3 is 0 Å². The first kappa shape index (κ1) is 14.5. The van der Waals surface area contributed by atoms with E-state index in [9.17, 15) is 9.50 Å². The summed E-state index contributed by atoms with van der Waals surface area (Å²) in [5.41, 5.74) is 2.67. The maximum Gasteiger partial charge on any atom is 0.126 e. The Morgan fingerprint density at radius 1 is 1.10 bits per heavy atom. The van der Waals surface area contributed by atoms with E-state index in [2.05, 4.69) is 5.32 Å². The van der Waals surface area contributed by atoms with E-state index < -0.39 is 5.54 Å². The van der Waals surface area contributed by atoms with Crippen molar-refractivity contribution < 1.29 is 9.50 Å². The van der Waals surface area contributed by atoms with E-state index in [0.29, 0.717) is 5.56 Å². The second-order valence-electron chi connectivity index (χ2n) is 5.45. The summed E-state index contributed by atoms with van der Waals surface area (Å²) in [6.07, 6.45) is 0. The summed E-state index contributed by atoms with van der Waals surface area (Å²) < 4.78 is 13.7. The standard InChI is InChI=1S/C17H20FNO/c1-12-4-8-15(9-5-12)19-17(3,11-20)14-7-6-13(2)16(18)10-14/h4-10,19-20H,11H2,1-3H3. The van der Waals surface area contributed by atoms with Gasteiger partial charge in [0.2, 0.25) is 0 Å². The lowest BCUT2D eigenvalue weighted by molar-refractivity contribution is 0.223. The molecule has 106 valence electrons. The summed E-state index contributed by atoms with van der Waals surface area (Å²) in [7, 11) is 0. The number of nitrogens with one attached hydrogen (secondary N) is 1. The highest BCUT2D eigenvalue weighted by Crippen LogP contribution is 2.27. The van der Waals surface area contributed by atoms with Crippen LogP contribution in [0.4, 0.5) is 10.1 Å². The SMILES string of the molecule is Cc1ccc(NC(C)(CO)c2ccc(C)c(F)c2)cc1. The number of aliphatic hydroxyl groups excluding tert-OH is 1. The molecule has 0 aliphatic rings. The molecule has 0 saturated heterocycles. The monoisotopic (exact) mass is 273 g/mol. The zero-order valence-corrected chi connectivity index (χ0v) is 12.1. The Morgan fingerprint density at radius 2 is 1.75 bits per heavy atom. The van der Waals surface area contributed by atoms with Crippen molar-refractivity contribution in [1.29, 1.82) is 0 Å². The van der Waals surface area contributed by atoms with Crippen molar-refractivity contribution in [3.63, 3.8) is 0 Å². The van der Waals surface area contributed by atoms with Crippen molar-refractivity contribution in [3.8, 4) is 0 Å². The van der Waals surface area contributed by atoms with Crippen molar-refractivity contribution in [3.05, 3.63) is 65.0 Å². The van der Waals surface area contributed by atoms with Crippen LogP contribution in [0, 0.1) is 19.7 Å². The molecule has 0 aliphatic heterocycles. The van der Waals surface area contributed by atoms with Gasteiger partial charge in [-0.2, -0.15) is 0 Å². The predicted molar refractivity (Wildman–Crippen MR) is 80.4 cm³/mol. The van der Waals surface area contributed by atoms with Gasteiger partial charge < -0.3 is 10.4 Å². The van der Waals surface area contributed by atoms with Crippen molar-refractivity contribution in [2.75, 3.05) is 11.9 Å². The number of hydrogen-bond acceptors (Lipinski definition) is 2. The largest absolute Gasteiger partial charge is 0.394 e. The van der Waals surface area contributed by atoms with E-state index >= 15 is 0 Å². The van der Waals surface area contributed by atoms with E-state index in [1.165, 1.54) is 11.6 Å². The first-order valence-electron chi connectivity index (χ1n) is 6.67. The van der Waals surface area contributed by atoms with Crippen LogP contribution in [0.2, 0.25) is 0 Å². The normalized spacial score (nSPS) is 13.8. The molecule has 3 heteroatoms. The highest BCUT2D eigenvalue weighted by molar-refractivity contribution is 5.49. The van der Waals surface area contributed by atoms with Gasteiger partial charge in [-0.3, -0.25) is 0 Å². The van der Waals surface area contributed by atoms with Crippen LogP contribution in [0.3, 0.4) is 0 Å². The molecule has 2 aromatic carbocycles. The minimum absolute atomic E-state index is 0.122. The van der Waals surface area contributed by atoms with Crippen LogP contribution in [-0.2, 0) is 5.54 Å². The van der Waals surface area contributed by atoms with Crippen LogP contribution in [0.1, 0.15) is 23.6 Å². The van der Waals surface area contributed by atoms with E-state index in [4.69, 9.17) is 0 Å². The molecule has 0 radical (unpaired) electrons. The minimum Gasteiger partial charge on any atom is -0.394 e. The third-order valence-electron chi connectivity index (χ3n) is 3.60.